The van der Waals surface area contributed by atoms with Gasteiger partial charge in [-0.05, 0) is 24.1 Å². The van der Waals surface area contributed by atoms with E-state index in [1.165, 1.54) is 0 Å². The second-order valence-electron chi connectivity index (χ2n) is 3.43. The number of amides is 1. The molecule has 0 bridgehead atoms. The number of carbonyl (C=O) groups excluding carboxylic acids is 1. The van der Waals surface area contributed by atoms with Crippen LogP contribution in [0.1, 0.15) is 15.9 Å². The van der Waals surface area contributed by atoms with Gasteiger partial charge in [0, 0.05) is 12.1 Å². The minimum atomic E-state index is -0.502. The molecule has 0 aliphatic carbocycles. The van der Waals surface area contributed by atoms with Crippen LogP contribution in [-0.4, -0.2) is 17.7 Å². The van der Waals surface area contributed by atoms with Crippen molar-refractivity contribution in [1.82, 2.24) is 5.48 Å². The molecule has 4 N–H and O–H groups in total. The third-order valence-electron chi connectivity index (χ3n) is 2.19. The van der Waals surface area contributed by atoms with E-state index < -0.39 is 5.91 Å². The molecule has 0 spiro atoms. The molecule has 4 heteroatoms. The molecular formula is C13H16N2O2. The molecule has 90 valence electrons. The van der Waals surface area contributed by atoms with Gasteiger partial charge in [0.05, 0.1) is 0 Å². The molecule has 0 atom stereocenters. The Morgan fingerprint density at radius 1 is 1.24 bits per heavy atom. The van der Waals surface area contributed by atoms with Gasteiger partial charge in [0.25, 0.3) is 5.91 Å². The molecule has 1 rings (SSSR count). The summed E-state index contributed by atoms with van der Waals surface area (Å²) in [5, 5.41) is 8.45. The largest absolute Gasteiger partial charge is 0.327 e. The van der Waals surface area contributed by atoms with Gasteiger partial charge >= 0.3 is 0 Å². The first-order valence-corrected chi connectivity index (χ1v) is 5.33. The van der Waals surface area contributed by atoms with Crippen LogP contribution < -0.4 is 11.2 Å². The van der Waals surface area contributed by atoms with E-state index in [4.69, 9.17) is 10.9 Å². The maximum Gasteiger partial charge on any atom is 0.274 e. The van der Waals surface area contributed by atoms with Crippen LogP contribution in [0.15, 0.2) is 48.6 Å². The Labute approximate surface area is 100 Å². The van der Waals surface area contributed by atoms with Gasteiger partial charge < -0.3 is 5.73 Å². The van der Waals surface area contributed by atoms with Crippen LogP contribution in [0, 0.1) is 0 Å². The molecule has 1 aromatic rings. The first kappa shape index (κ1) is 13.2. The topological polar surface area (TPSA) is 75.4 Å². The van der Waals surface area contributed by atoms with Gasteiger partial charge in [-0.25, -0.2) is 5.48 Å². The average Bonchev–Trinajstić information content (AvgIpc) is 2.38. The number of carbonyl (C=O) groups is 1. The van der Waals surface area contributed by atoms with Gasteiger partial charge in [-0.2, -0.15) is 0 Å². The summed E-state index contributed by atoms with van der Waals surface area (Å²) in [4.78, 5) is 11.1. The molecule has 0 fully saturated rings. The second kappa shape index (κ2) is 7.38. The number of hydrogen-bond acceptors (Lipinski definition) is 3. The second-order valence-corrected chi connectivity index (χ2v) is 3.43. The van der Waals surface area contributed by atoms with Crippen molar-refractivity contribution >= 4 is 5.91 Å². The van der Waals surface area contributed by atoms with E-state index in [0.717, 1.165) is 12.0 Å². The van der Waals surface area contributed by atoms with Crippen molar-refractivity contribution < 1.29 is 10.0 Å². The SMILES string of the molecule is NC/C=C\C=CCc1ccc(C(=O)NO)cc1. The van der Waals surface area contributed by atoms with Crippen molar-refractivity contribution in [3.8, 4) is 0 Å². The maximum absolute atomic E-state index is 11.1. The molecule has 0 aliphatic heterocycles. The lowest BCUT2D eigenvalue weighted by Gasteiger charge is -2.00. The molecule has 0 radical (unpaired) electrons. The molecule has 0 saturated heterocycles. The Kier molecular flexibility index (Phi) is 5.71. The smallest absolute Gasteiger partial charge is 0.274 e. The van der Waals surface area contributed by atoms with Gasteiger partial charge in [0.1, 0.15) is 0 Å². The minimum Gasteiger partial charge on any atom is -0.327 e. The fourth-order valence-corrected chi connectivity index (χ4v) is 1.30. The molecule has 1 amide bonds. The molecule has 0 aromatic heterocycles. The lowest BCUT2D eigenvalue weighted by Crippen LogP contribution is -2.18. The Hall–Kier alpha value is -1.91. The van der Waals surface area contributed by atoms with Gasteiger partial charge in [-0.3, -0.25) is 10.0 Å². The molecule has 4 nitrogen and oxygen atoms in total. The van der Waals surface area contributed by atoms with Crippen LogP contribution in [-0.2, 0) is 6.42 Å². The highest BCUT2D eigenvalue weighted by Crippen LogP contribution is 2.05. The zero-order valence-corrected chi connectivity index (χ0v) is 9.47. The van der Waals surface area contributed by atoms with E-state index in [2.05, 4.69) is 0 Å². The third-order valence-corrected chi connectivity index (χ3v) is 2.19. The molecule has 0 aliphatic rings. The summed E-state index contributed by atoms with van der Waals surface area (Å²) in [5.74, 6) is -0.502. The lowest BCUT2D eigenvalue weighted by atomic mass is 10.1. The average molecular weight is 232 g/mol. The van der Waals surface area contributed by atoms with E-state index in [9.17, 15) is 4.79 Å². The standard InChI is InChI=1S/C13H16N2O2/c14-10-4-2-1-3-5-11-6-8-12(9-7-11)13(16)15-17/h1-4,6-9,17H,5,10,14H2,(H,15,16)/b3-1?,4-2-. The summed E-state index contributed by atoms with van der Waals surface area (Å²) in [7, 11) is 0. The number of nitrogens with two attached hydrogens (primary N) is 1. The van der Waals surface area contributed by atoms with Crippen molar-refractivity contribution in [2.75, 3.05) is 6.54 Å². The van der Waals surface area contributed by atoms with E-state index in [1.807, 2.05) is 36.4 Å². The zero-order valence-electron chi connectivity index (χ0n) is 9.47. The Bertz CT molecular complexity index is 408. The molecule has 0 unspecified atom stereocenters. The zero-order chi connectivity index (χ0) is 12.5. The third kappa shape index (κ3) is 4.63. The van der Waals surface area contributed by atoms with Crippen molar-refractivity contribution in [3.63, 3.8) is 0 Å². The Morgan fingerprint density at radius 3 is 2.47 bits per heavy atom. The quantitative estimate of drug-likeness (QED) is 0.408. The summed E-state index contributed by atoms with van der Waals surface area (Å²) < 4.78 is 0. The Morgan fingerprint density at radius 2 is 1.88 bits per heavy atom. The number of hydroxylamine groups is 1. The van der Waals surface area contributed by atoms with E-state index >= 15 is 0 Å². The number of hydrogen-bond donors (Lipinski definition) is 3. The first-order chi connectivity index (χ1) is 8.27. The van der Waals surface area contributed by atoms with Gasteiger partial charge in [0.2, 0.25) is 0 Å². The number of rotatable bonds is 5. The predicted octanol–water partition coefficient (Wildman–Crippen LogP) is 1.42. The van der Waals surface area contributed by atoms with Gasteiger partial charge in [0.15, 0.2) is 0 Å². The molecule has 0 saturated carbocycles. The van der Waals surface area contributed by atoms with Crippen LogP contribution in [0.25, 0.3) is 0 Å². The van der Waals surface area contributed by atoms with Crippen LogP contribution in [0.3, 0.4) is 0 Å². The summed E-state index contributed by atoms with van der Waals surface area (Å²) in [5.41, 5.74) is 8.42. The van der Waals surface area contributed by atoms with E-state index in [1.54, 1.807) is 17.6 Å². The monoisotopic (exact) mass is 232 g/mol. The summed E-state index contributed by atoms with van der Waals surface area (Å²) in [6.07, 6.45) is 8.49. The molecule has 0 heterocycles. The predicted molar refractivity (Wildman–Crippen MR) is 66.7 cm³/mol. The fourth-order valence-electron chi connectivity index (χ4n) is 1.30. The number of benzene rings is 1. The highest BCUT2D eigenvalue weighted by atomic mass is 16.5. The summed E-state index contributed by atoms with van der Waals surface area (Å²) >= 11 is 0. The number of nitrogens with one attached hydrogen (secondary N) is 1. The minimum absolute atomic E-state index is 0.434. The normalized spacial score (nSPS) is 11.2. The van der Waals surface area contributed by atoms with Crippen molar-refractivity contribution in [3.05, 3.63) is 59.7 Å². The fraction of sp³-hybridized carbons (Fsp3) is 0.154. The lowest BCUT2D eigenvalue weighted by molar-refractivity contribution is 0.0706. The maximum atomic E-state index is 11.1. The van der Waals surface area contributed by atoms with Crippen LogP contribution in [0.5, 0.6) is 0 Å². The van der Waals surface area contributed by atoms with Gasteiger partial charge in [-0.1, -0.05) is 36.4 Å². The highest BCUT2D eigenvalue weighted by molar-refractivity contribution is 5.93. The van der Waals surface area contributed by atoms with E-state index in [0.29, 0.717) is 12.1 Å². The van der Waals surface area contributed by atoms with Crippen molar-refractivity contribution in [2.45, 2.75) is 6.42 Å². The van der Waals surface area contributed by atoms with Gasteiger partial charge in [-0.15, -0.1) is 0 Å². The van der Waals surface area contributed by atoms with Crippen LogP contribution >= 0.6 is 0 Å². The summed E-state index contributed by atoms with van der Waals surface area (Å²) in [6.45, 7) is 0.537. The highest BCUT2D eigenvalue weighted by Gasteiger charge is 2.01. The number of allylic oxidation sites excluding steroid dienone is 3. The Balaban J connectivity index is 2.54. The van der Waals surface area contributed by atoms with Crippen molar-refractivity contribution in [2.24, 2.45) is 5.73 Å². The first-order valence-electron chi connectivity index (χ1n) is 5.33. The summed E-state index contributed by atoms with van der Waals surface area (Å²) in [6, 6.07) is 7.04. The van der Waals surface area contributed by atoms with Crippen molar-refractivity contribution in [1.29, 1.82) is 0 Å². The van der Waals surface area contributed by atoms with Crippen LogP contribution in [0.4, 0.5) is 0 Å². The van der Waals surface area contributed by atoms with Crippen LogP contribution in [0.2, 0.25) is 0 Å². The molecule has 1 aromatic carbocycles. The molecule has 17 heavy (non-hydrogen) atoms. The molecular weight excluding hydrogens is 216 g/mol. The van der Waals surface area contributed by atoms with E-state index in [-0.39, 0.29) is 0 Å².